The van der Waals surface area contributed by atoms with Crippen molar-refractivity contribution in [1.29, 1.82) is 0 Å². The molecule has 1 unspecified atom stereocenters. The molecule has 8 aliphatic rings. The SMILES string of the molecule is CO[C@H]1CC[C@H](O[C@H]2[C@H](C)[C@@H]([C@H]3CC[C@H]([C@@H]4CC[C@H]([C@@]5(C)OC6(O[C@H](C[C@@H]7O[C@](O)([C@@H](O)C(=O)O)[C@@H](C)[C@H](OC)[C@@]7(C)OC)C[C@@H](OC)[C@H]6C)[C@H](C)[C@H]5O[C@H]5CC[C@H](OC)[C@@H](C)O5)O4)O3)O[C@](C)(O)[C@@H]2C)O[C@@H]1C. The maximum absolute atomic E-state index is 12.2. The van der Waals surface area contributed by atoms with Gasteiger partial charge in [0, 0.05) is 90.8 Å². The second-order valence-corrected chi connectivity index (χ2v) is 23.7. The molecule has 0 aromatic rings. The summed E-state index contributed by atoms with van der Waals surface area (Å²) in [7, 11) is 8.01. The van der Waals surface area contributed by atoms with Crippen molar-refractivity contribution in [3.63, 3.8) is 0 Å². The van der Waals surface area contributed by atoms with Crippen LogP contribution in [0.15, 0.2) is 0 Å². The molecule has 0 aromatic carbocycles. The Morgan fingerprint density at radius 1 is 0.622 bits per heavy atom. The lowest BCUT2D eigenvalue weighted by molar-refractivity contribution is -0.389. The van der Waals surface area contributed by atoms with Crippen LogP contribution in [0.4, 0.5) is 0 Å². The first kappa shape index (κ1) is 58.9. The molecule has 28 atom stereocenters. The second kappa shape index (κ2) is 22.7. The molecule has 8 heterocycles. The van der Waals surface area contributed by atoms with Gasteiger partial charge in [0.15, 0.2) is 24.2 Å². The molecule has 0 saturated carbocycles. The highest BCUT2D eigenvalue weighted by Crippen LogP contribution is 2.58. The van der Waals surface area contributed by atoms with Gasteiger partial charge >= 0.3 is 5.97 Å². The molecule has 1 spiro atoms. The quantitative estimate of drug-likeness (QED) is 0.162. The molecule has 0 bridgehead atoms. The van der Waals surface area contributed by atoms with Crippen LogP contribution in [0.25, 0.3) is 0 Å². The fraction of sp³-hybridized carbons (Fsp3) is 0.981. The summed E-state index contributed by atoms with van der Waals surface area (Å²) >= 11 is 0. The summed E-state index contributed by atoms with van der Waals surface area (Å²) in [5.41, 5.74) is -2.32. The van der Waals surface area contributed by atoms with Crippen molar-refractivity contribution in [2.24, 2.45) is 29.6 Å². The summed E-state index contributed by atoms with van der Waals surface area (Å²) < 4.78 is 98.1. The standard InChI is InChI=1S/C54H92O20/c1-26-44(69-42-22-19-34(60-11)31(6)65-42)28(3)52(10,58)73-45(26)38-17-16-36(67-38)37-18-21-40(68-37)51(9)48(70-43-23-20-35(61-12)32(7)66-43)30(5)54(74-51)27(2)39(62-13)24-33(71-54)25-41-50(8,64-15)47(63-14)29(4)53(59,72-41)46(55)49(56)57/h26-48,55,58-59H,16-25H2,1-15H3,(H,56,57)/t26-,27+,28+,29-,30+,31+,32+,33-,34-,35-,36+,37-,38+,39+,40+,41-,42-,43-,44-,45-,46-,47-,48+,50-,51+,52-,53-,54?/m0/s1. The monoisotopic (exact) mass is 1060 g/mol. The van der Waals surface area contributed by atoms with Gasteiger partial charge in [-0.25, -0.2) is 4.79 Å². The molecule has 4 N–H and O–H groups in total. The zero-order valence-corrected chi connectivity index (χ0v) is 46.7. The van der Waals surface area contributed by atoms with E-state index in [-0.39, 0.29) is 73.0 Å². The molecular formula is C54H92O20. The highest BCUT2D eigenvalue weighted by atomic mass is 16.8. The van der Waals surface area contributed by atoms with Crippen LogP contribution in [0.1, 0.15) is 133 Å². The first-order valence-corrected chi connectivity index (χ1v) is 27.5. The number of aliphatic carboxylic acids is 1. The Bertz CT molecular complexity index is 1880. The number of rotatable bonds is 16. The average Bonchev–Trinajstić information content (AvgIpc) is 4.11. The van der Waals surface area contributed by atoms with Gasteiger partial charge in [-0.15, -0.1) is 0 Å². The van der Waals surface area contributed by atoms with Gasteiger partial charge in [-0.05, 0) is 73.1 Å². The van der Waals surface area contributed by atoms with Gasteiger partial charge in [0.05, 0.1) is 91.6 Å². The summed E-state index contributed by atoms with van der Waals surface area (Å²) in [6, 6.07) is 0. The van der Waals surface area contributed by atoms with Crippen LogP contribution in [0.2, 0.25) is 0 Å². The number of carbonyl (C=O) groups is 1. The van der Waals surface area contributed by atoms with E-state index in [4.69, 9.17) is 71.1 Å². The van der Waals surface area contributed by atoms with Crippen LogP contribution in [0.3, 0.4) is 0 Å². The van der Waals surface area contributed by atoms with Crippen LogP contribution in [0, 0.1) is 29.6 Å². The summed E-state index contributed by atoms with van der Waals surface area (Å²) in [5.74, 6) is -9.21. The highest BCUT2D eigenvalue weighted by molar-refractivity contribution is 5.73. The Hall–Kier alpha value is -1.25. The number of aliphatic hydroxyl groups is 3. The van der Waals surface area contributed by atoms with E-state index < -0.39 is 108 Å². The third-order valence-electron chi connectivity index (χ3n) is 19.5. The molecule has 0 aliphatic carbocycles. The van der Waals surface area contributed by atoms with Gasteiger partial charge in [0.25, 0.3) is 0 Å². The lowest BCUT2D eigenvalue weighted by atomic mass is 9.73. The smallest absolute Gasteiger partial charge is 0.338 e. The molecule has 428 valence electrons. The molecule has 0 radical (unpaired) electrons. The van der Waals surface area contributed by atoms with Gasteiger partial charge in [-0.2, -0.15) is 0 Å². The third kappa shape index (κ3) is 10.5. The molecule has 20 nitrogen and oxygen atoms in total. The molecule has 0 amide bonds. The molecule has 0 aromatic heterocycles. The summed E-state index contributed by atoms with van der Waals surface area (Å²) in [4.78, 5) is 12.2. The first-order chi connectivity index (χ1) is 34.9. The van der Waals surface area contributed by atoms with Gasteiger partial charge in [-0.1, -0.05) is 34.6 Å². The molecule has 8 saturated heterocycles. The van der Waals surface area contributed by atoms with Gasteiger partial charge in [-0.3, -0.25) is 0 Å². The van der Waals surface area contributed by atoms with E-state index in [1.165, 1.54) is 14.2 Å². The first-order valence-electron chi connectivity index (χ1n) is 27.5. The predicted octanol–water partition coefficient (Wildman–Crippen LogP) is 4.85. The number of methoxy groups -OCH3 is 5. The van der Waals surface area contributed by atoms with Crippen molar-refractivity contribution in [1.82, 2.24) is 0 Å². The molecule has 8 aliphatic heterocycles. The molecule has 74 heavy (non-hydrogen) atoms. The minimum absolute atomic E-state index is 0.00610. The van der Waals surface area contributed by atoms with Gasteiger partial charge < -0.3 is 91.5 Å². The van der Waals surface area contributed by atoms with Crippen molar-refractivity contribution in [3.05, 3.63) is 0 Å². The van der Waals surface area contributed by atoms with E-state index in [1.807, 2.05) is 27.7 Å². The van der Waals surface area contributed by atoms with Crippen molar-refractivity contribution < 1.29 is 96.3 Å². The summed E-state index contributed by atoms with van der Waals surface area (Å²) in [6.45, 7) is 19.3. The predicted molar refractivity (Wildman–Crippen MR) is 262 cm³/mol. The van der Waals surface area contributed by atoms with Crippen molar-refractivity contribution >= 4 is 5.97 Å². The number of aliphatic hydroxyl groups excluding tert-OH is 1. The van der Waals surface area contributed by atoms with Crippen LogP contribution in [-0.4, -0.2) is 201 Å². The minimum atomic E-state index is -2.53. The van der Waals surface area contributed by atoms with Crippen LogP contribution >= 0.6 is 0 Å². The maximum atomic E-state index is 12.2. The fourth-order valence-corrected chi connectivity index (χ4v) is 14.6. The number of carboxylic acid groups (broad SMARTS) is 1. The van der Waals surface area contributed by atoms with E-state index in [2.05, 4.69) is 20.8 Å². The largest absolute Gasteiger partial charge is 0.479 e. The Morgan fingerprint density at radius 3 is 1.77 bits per heavy atom. The Labute approximate surface area is 438 Å². The Balaban J connectivity index is 1.03. The molecule has 20 heteroatoms. The van der Waals surface area contributed by atoms with E-state index in [0.29, 0.717) is 38.5 Å². The maximum Gasteiger partial charge on any atom is 0.338 e. The zero-order chi connectivity index (χ0) is 54.0. The number of hydrogen-bond acceptors (Lipinski definition) is 19. The third-order valence-corrected chi connectivity index (χ3v) is 19.5. The summed E-state index contributed by atoms with van der Waals surface area (Å²) in [5, 5.41) is 44.4. The second-order valence-electron chi connectivity index (χ2n) is 23.7. The zero-order valence-electron chi connectivity index (χ0n) is 46.7. The van der Waals surface area contributed by atoms with E-state index in [1.54, 1.807) is 42.1 Å². The van der Waals surface area contributed by atoms with E-state index in [9.17, 15) is 25.2 Å². The van der Waals surface area contributed by atoms with Crippen molar-refractivity contribution in [3.8, 4) is 0 Å². The normalized spacial score (nSPS) is 53.6. The highest BCUT2D eigenvalue weighted by Gasteiger charge is 2.70. The molecular weight excluding hydrogens is 969 g/mol. The van der Waals surface area contributed by atoms with Crippen LogP contribution < -0.4 is 0 Å². The van der Waals surface area contributed by atoms with E-state index >= 15 is 0 Å². The minimum Gasteiger partial charge on any atom is -0.479 e. The van der Waals surface area contributed by atoms with Gasteiger partial charge in [0.2, 0.25) is 11.9 Å². The van der Waals surface area contributed by atoms with Crippen molar-refractivity contribution in [2.45, 2.75) is 272 Å². The Kier molecular flexibility index (Phi) is 18.1. The average molecular weight is 1060 g/mol. The lowest BCUT2D eigenvalue weighted by Gasteiger charge is -2.56. The number of carboxylic acids is 1. The van der Waals surface area contributed by atoms with Crippen LogP contribution in [-0.2, 0) is 75.8 Å². The molecule has 8 fully saturated rings. The number of hydrogen-bond donors (Lipinski definition) is 4. The molecule has 8 rings (SSSR count). The number of ether oxygens (including phenoxy) is 15. The lowest BCUT2D eigenvalue weighted by Crippen LogP contribution is -2.72. The van der Waals surface area contributed by atoms with Crippen molar-refractivity contribution in [2.75, 3.05) is 35.5 Å². The van der Waals surface area contributed by atoms with Crippen LogP contribution in [0.5, 0.6) is 0 Å². The fourth-order valence-electron chi connectivity index (χ4n) is 14.6. The van der Waals surface area contributed by atoms with E-state index in [0.717, 1.165) is 19.3 Å². The topological polar surface area (TPSA) is 236 Å². The Morgan fingerprint density at radius 2 is 1.20 bits per heavy atom. The van der Waals surface area contributed by atoms with Gasteiger partial charge in [0.1, 0.15) is 11.2 Å². The summed E-state index contributed by atoms with van der Waals surface area (Å²) in [6.07, 6.45) is -3.33.